The quantitative estimate of drug-likeness (QED) is 0.787. The zero-order chi connectivity index (χ0) is 12.3. The summed E-state index contributed by atoms with van der Waals surface area (Å²) in [6, 6.07) is 6.62. The topological polar surface area (TPSA) is 3.24 Å². The molecule has 1 aromatic carbocycles. The number of nitrogens with zero attached hydrogens (tertiary/aromatic N) is 1. The lowest BCUT2D eigenvalue weighted by molar-refractivity contribution is 0.200. The van der Waals surface area contributed by atoms with Gasteiger partial charge >= 0.3 is 0 Å². The van der Waals surface area contributed by atoms with E-state index in [4.69, 9.17) is 11.6 Å². The molecule has 1 unspecified atom stereocenters. The molecule has 0 saturated carbocycles. The van der Waals surface area contributed by atoms with E-state index in [0.717, 1.165) is 16.0 Å². The molecule has 1 nitrogen and oxygen atoms in total. The Morgan fingerprint density at radius 2 is 1.94 bits per heavy atom. The monoisotopic (exact) mass is 303 g/mol. The predicted octanol–water partition coefficient (Wildman–Crippen LogP) is 4.58. The van der Waals surface area contributed by atoms with Crippen LogP contribution in [0.15, 0.2) is 22.7 Å². The van der Waals surface area contributed by atoms with Crippen LogP contribution in [-0.2, 0) is 6.54 Å². The molecule has 0 fully saturated rings. The van der Waals surface area contributed by atoms with Crippen molar-refractivity contribution in [2.24, 2.45) is 5.92 Å². The van der Waals surface area contributed by atoms with E-state index in [1.165, 1.54) is 5.56 Å². The molecule has 0 aliphatic heterocycles. The lowest BCUT2D eigenvalue weighted by Gasteiger charge is -2.28. The van der Waals surface area contributed by atoms with Crippen molar-refractivity contribution in [3.8, 4) is 0 Å². The highest BCUT2D eigenvalue weighted by atomic mass is 79.9. The van der Waals surface area contributed by atoms with Crippen LogP contribution in [0.2, 0.25) is 5.02 Å². The molecule has 0 aliphatic rings. The molecule has 0 bridgehead atoms. The van der Waals surface area contributed by atoms with Crippen LogP contribution in [0.5, 0.6) is 0 Å². The highest BCUT2D eigenvalue weighted by Gasteiger charge is 2.14. The number of halogens is 2. The van der Waals surface area contributed by atoms with Crippen LogP contribution in [0.1, 0.15) is 26.3 Å². The van der Waals surface area contributed by atoms with Gasteiger partial charge in [0, 0.05) is 22.1 Å². The van der Waals surface area contributed by atoms with Crippen LogP contribution in [0, 0.1) is 5.92 Å². The average molecular weight is 305 g/mol. The zero-order valence-corrected chi connectivity index (χ0v) is 12.6. The standard InChI is InChI=1S/C13H19BrClN/c1-9(2)10(3)16(4)8-11-5-6-12(14)7-13(11)15/h5-7,9-10H,8H2,1-4H3. The second kappa shape index (κ2) is 6.04. The molecule has 1 aromatic rings. The van der Waals surface area contributed by atoms with Crippen molar-refractivity contribution in [2.45, 2.75) is 33.4 Å². The van der Waals surface area contributed by atoms with Crippen molar-refractivity contribution in [1.29, 1.82) is 0 Å². The minimum atomic E-state index is 0.555. The summed E-state index contributed by atoms with van der Waals surface area (Å²) in [6.07, 6.45) is 0. The lowest BCUT2D eigenvalue weighted by atomic mass is 10.0. The fraction of sp³-hybridized carbons (Fsp3) is 0.538. The third kappa shape index (κ3) is 3.76. The molecule has 0 radical (unpaired) electrons. The van der Waals surface area contributed by atoms with E-state index in [0.29, 0.717) is 12.0 Å². The largest absolute Gasteiger partial charge is 0.299 e. The highest BCUT2D eigenvalue weighted by molar-refractivity contribution is 9.10. The number of rotatable bonds is 4. The minimum absolute atomic E-state index is 0.555. The Balaban J connectivity index is 2.73. The summed E-state index contributed by atoms with van der Waals surface area (Å²) < 4.78 is 1.03. The van der Waals surface area contributed by atoms with Crippen molar-refractivity contribution in [3.05, 3.63) is 33.3 Å². The molecule has 90 valence electrons. The van der Waals surface area contributed by atoms with E-state index in [9.17, 15) is 0 Å². The summed E-state index contributed by atoms with van der Waals surface area (Å²) >= 11 is 9.62. The Labute approximate surface area is 112 Å². The van der Waals surface area contributed by atoms with Gasteiger partial charge in [-0.1, -0.05) is 47.4 Å². The Morgan fingerprint density at radius 1 is 1.31 bits per heavy atom. The second-order valence-electron chi connectivity index (χ2n) is 4.64. The Hall–Kier alpha value is -0.0500. The lowest BCUT2D eigenvalue weighted by Crippen LogP contribution is -2.32. The maximum atomic E-state index is 6.20. The Kier molecular flexibility index (Phi) is 5.29. The van der Waals surface area contributed by atoms with E-state index in [-0.39, 0.29) is 0 Å². The Morgan fingerprint density at radius 3 is 2.44 bits per heavy atom. The van der Waals surface area contributed by atoms with E-state index in [1.54, 1.807) is 0 Å². The van der Waals surface area contributed by atoms with Crippen molar-refractivity contribution in [2.75, 3.05) is 7.05 Å². The van der Waals surface area contributed by atoms with Gasteiger partial charge in [0.1, 0.15) is 0 Å². The maximum Gasteiger partial charge on any atom is 0.0462 e. The molecule has 0 aliphatic carbocycles. The van der Waals surface area contributed by atoms with E-state index >= 15 is 0 Å². The van der Waals surface area contributed by atoms with Gasteiger partial charge in [0.15, 0.2) is 0 Å². The summed E-state index contributed by atoms with van der Waals surface area (Å²) in [5, 5.41) is 0.831. The fourth-order valence-corrected chi connectivity index (χ4v) is 2.30. The first-order valence-corrected chi connectivity index (χ1v) is 6.73. The molecule has 0 aromatic heterocycles. The highest BCUT2D eigenvalue weighted by Crippen LogP contribution is 2.23. The van der Waals surface area contributed by atoms with Gasteiger partial charge < -0.3 is 0 Å². The van der Waals surface area contributed by atoms with Gasteiger partial charge in [0.05, 0.1) is 0 Å². The molecule has 0 heterocycles. The molecule has 0 saturated heterocycles. The van der Waals surface area contributed by atoms with Crippen molar-refractivity contribution >= 4 is 27.5 Å². The second-order valence-corrected chi connectivity index (χ2v) is 5.96. The van der Waals surface area contributed by atoms with Crippen LogP contribution in [0.25, 0.3) is 0 Å². The van der Waals surface area contributed by atoms with Crippen LogP contribution in [0.4, 0.5) is 0 Å². The minimum Gasteiger partial charge on any atom is -0.299 e. The fourth-order valence-electron chi connectivity index (χ4n) is 1.57. The molecule has 0 N–H and O–H groups in total. The summed E-state index contributed by atoms with van der Waals surface area (Å²) in [5.74, 6) is 0.652. The van der Waals surface area contributed by atoms with Gasteiger partial charge in [-0.3, -0.25) is 4.90 Å². The molecule has 0 spiro atoms. The first kappa shape index (κ1) is 14.0. The number of hydrogen-bond donors (Lipinski definition) is 0. The van der Waals surface area contributed by atoms with Crippen LogP contribution >= 0.6 is 27.5 Å². The molecule has 3 heteroatoms. The normalized spacial score (nSPS) is 13.5. The zero-order valence-electron chi connectivity index (χ0n) is 10.3. The van der Waals surface area contributed by atoms with Crippen LogP contribution < -0.4 is 0 Å². The molecular weight excluding hydrogens is 286 g/mol. The summed E-state index contributed by atoms with van der Waals surface area (Å²) in [5.41, 5.74) is 1.18. The third-order valence-electron chi connectivity index (χ3n) is 3.09. The van der Waals surface area contributed by atoms with Gasteiger partial charge in [-0.15, -0.1) is 0 Å². The SMILES string of the molecule is CC(C)C(C)N(C)Cc1ccc(Br)cc1Cl. The molecule has 0 amide bonds. The van der Waals surface area contributed by atoms with Crippen LogP contribution in [-0.4, -0.2) is 18.0 Å². The molecular formula is C13H19BrClN. The summed E-state index contributed by atoms with van der Waals surface area (Å²) in [6.45, 7) is 7.62. The summed E-state index contributed by atoms with van der Waals surface area (Å²) in [7, 11) is 2.14. The van der Waals surface area contributed by atoms with Gasteiger partial charge in [-0.05, 0) is 37.6 Å². The molecule has 1 atom stereocenters. The molecule has 1 rings (SSSR count). The predicted molar refractivity (Wildman–Crippen MR) is 74.9 cm³/mol. The van der Waals surface area contributed by atoms with Crippen molar-refractivity contribution in [3.63, 3.8) is 0 Å². The van der Waals surface area contributed by atoms with E-state index in [1.807, 2.05) is 12.1 Å². The summed E-state index contributed by atoms with van der Waals surface area (Å²) in [4.78, 5) is 2.33. The first-order chi connectivity index (χ1) is 7.41. The van der Waals surface area contributed by atoms with Gasteiger partial charge in [-0.25, -0.2) is 0 Å². The van der Waals surface area contributed by atoms with Gasteiger partial charge in [0.25, 0.3) is 0 Å². The van der Waals surface area contributed by atoms with E-state index < -0.39 is 0 Å². The van der Waals surface area contributed by atoms with Gasteiger partial charge in [-0.2, -0.15) is 0 Å². The Bertz CT molecular complexity index is 352. The average Bonchev–Trinajstić information content (AvgIpc) is 2.20. The van der Waals surface area contributed by atoms with E-state index in [2.05, 4.69) is 54.7 Å². The third-order valence-corrected chi connectivity index (χ3v) is 3.94. The maximum absolute atomic E-state index is 6.20. The first-order valence-electron chi connectivity index (χ1n) is 5.56. The molecule has 16 heavy (non-hydrogen) atoms. The van der Waals surface area contributed by atoms with Crippen LogP contribution in [0.3, 0.4) is 0 Å². The van der Waals surface area contributed by atoms with Crippen molar-refractivity contribution in [1.82, 2.24) is 4.90 Å². The number of benzene rings is 1. The smallest absolute Gasteiger partial charge is 0.0462 e. The number of hydrogen-bond acceptors (Lipinski definition) is 1. The van der Waals surface area contributed by atoms with Gasteiger partial charge in [0.2, 0.25) is 0 Å². The van der Waals surface area contributed by atoms with Crippen molar-refractivity contribution < 1.29 is 0 Å².